The van der Waals surface area contributed by atoms with E-state index in [1.807, 2.05) is 30.3 Å². The standard InChI is InChI=1S/C26H24ClNO/c1-19(20-9-3-2-4-10-20)28-17-24-23-13-7-5-11-21(23)15-16-26(24)29-18-22-12-6-8-14-25(22)27/h2-16,19,28H,17-18H2,1H3. The van der Waals surface area contributed by atoms with Gasteiger partial charge in [-0.1, -0.05) is 90.5 Å². The Morgan fingerprint density at radius 2 is 1.55 bits per heavy atom. The lowest BCUT2D eigenvalue weighted by Gasteiger charge is -2.19. The van der Waals surface area contributed by atoms with Gasteiger partial charge in [0.2, 0.25) is 0 Å². The lowest BCUT2D eigenvalue weighted by Crippen LogP contribution is -2.18. The van der Waals surface area contributed by atoms with Crippen molar-refractivity contribution in [2.24, 2.45) is 0 Å². The van der Waals surface area contributed by atoms with Crippen molar-refractivity contribution in [3.63, 3.8) is 0 Å². The first-order chi connectivity index (χ1) is 14.2. The van der Waals surface area contributed by atoms with Crippen LogP contribution in [0.2, 0.25) is 5.02 Å². The molecule has 29 heavy (non-hydrogen) atoms. The summed E-state index contributed by atoms with van der Waals surface area (Å²) in [5, 5.41) is 6.79. The molecular weight excluding hydrogens is 378 g/mol. The number of nitrogens with one attached hydrogen (secondary N) is 1. The number of rotatable bonds is 7. The van der Waals surface area contributed by atoms with Crippen molar-refractivity contribution in [3.05, 3.63) is 113 Å². The average molecular weight is 402 g/mol. The van der Waals surface area contributed by atoms with Gasteiger partial charge in [-0.15, -0.1) is 0 Å². The smallest absolute Gasteiger partial charge is 0.124 e. The quantitative estimate of drug-likeness (QED) is 0.362. The number of halogens is 1. The number of fused-ring (bicyclic) bond motifs is 1. The van der Waals surface area contributed by atoms with Crippen LogP contribution in [0.4, 0.5) is 0 Å². The maximum atomic E-state index is 6.30. The normalized spacial score (nSPS) is 12.1. The van der Waals surface area contributed by atoms with Crippen LogP contribution in [0, 0.1) is 0 Å². The molecule has 0 aliphatic heterocycles. The Hall–Kier alpha value is -2.81. The van der Waals surface area contributed by atoms with Gasteiger partial charge in [0.25, 0.3) is 0 Å². The third-order valence-corrected chi connectivity index (χ3v) is 5.59. The molecule has 4 rings (SSSR count). The molecule has 0 spiro atoms. The zero-order valence-electron chi connectivity index (χ0n) is 16.4. The Bertz CT molecular complexity index is 1090. The summed E-state index contributed by atoms with van der Waals surface area (Å²) < 4.78 is 6.23. The van der Waals surface area contributed by atoms with E-state index >= 15 is 0 Å². The van der Waals surface area contributed by atoms with Gasteiger partial charge in [0, 0.05) is 28.7 Å². The molecule has 4 aromatic carbocycles. The first-order valence-electron chi connectivity index (χ1n) is 9.87. The maximum absolute atomic E-state index is 6.30. The summed E-state index contributed by atoms with van der Waals surface area (Å²) in [6.45, 7) is 3.35. The molecule has 1 unspecified atom stereocenters. The Labute approximate surface area is 177 Å². The van der Waals surface area contributed by atoms with Crippen molar-refractivity contribution in [1.29, 1.82) is 0 Å². The molecule has 1 N–H and O–H groups in total. The number of hydrogen-bond acceptors (Lipinski definition) is 2. The largest absolute Gasteiger partial charge is 0.488 e. The summed E-state index contributed by atoms with van der Waals surface area (Å²) in [6, 6.07) is 31.1. The van der Waals surface area contributed by atoms with Gasteiger partial charge in [0.15, 0.2) is 0 Å². The molecule has 2 nitrogen and oxygen atoms in total. The number of ether oxygens (including phenoxy) is 1. The second kappa shape index (κ2) is 9.13. The van der Waals surface area contributed by atoms with Crippen molar-refractivity contribution in [1.82, 2.24) is 5.32 Å². The van der Waals surface area contributed by atoms with Gasteiger partial charge < -0.3 is 10.1 Å². The highest BCUT2D eigenvalue weighted by atomic mass is 35.5. The van der Waals surface area contributed by atoms with Gasteiger partial charge in [-0.25, -0.2) is 0 Å². The second-order valence-corrected chi connectivity index (χ2v) is 7.56. The van der Waals surface area contributed by atoms with Crippen LogP contribution in [0.5, 0.6) is 5.75 Å². The van der Waals surface area contributed by atoms with Gasteiger partial charge in [-0.05, 0) is 35.4 Å². The summed E-state index contributed by atoms with van der Waals surface area (Å²) >= 11 is 6.30. The second-order valence-electron chi connectivity index (χ2n) is 7.16. The van der Waals surface area contributed by atoms with Crippen LogP contribution in [-0.2, 0) is 13.2 Å². The van der Waals surface area contributed by atoms with E-state index in [0.717, 1.165) is 28.4 Å². The molecule has 0 radical (unpaired) electrons. The molecule has 0 aliphatic rings. The molecule has 0 fully saturated rings. The first kappa shape index (κ1) is 19.5. The fourth-order valence-corrected chi connectivity index (χ4v) is 3.71. The predicted molar refractivity (Wildman–Crippen MR) is 121 cm³/mol. The van der Waals surface area contributed by atoms with E-state index < -0.39 is 0 Å². The van der Waals surface area contributed by atoms with Gasteiger partial charge >= 0.3 is 0 Å². The number of hydrogen-bond donors (Lipinski definition) is 1. The molecule has 0 saturated heterocycles. The molecular formula is C26H24ClNO. The van der Waals surface area contributed by atoms with Crippen molar-refractivity contribution in [3.8, 4) is 5.75 Å². The zero-order chi connectivity index (χ0) is 20.1. The van der Waals surface area contributed by atoms with E-state index in [4.69, 9.17) is 16.3 Å². The van der Waals surface area contributed by atoms with Gasteiger partial charge in [-0.2, -0.15) is 0 Å². The Balaban J connectivity index is 1.59. The highest BCUT2D eigenvalue weighted by molar-refractivity contribution is 6.31. The highest BCUT2D eigenvalue weighted by Gasteiger charge is 2.12. The lowest BCUT2D eigenvalue weighted by molar-refractivity contribution is 0.302. The summed E-state index contributed by atoms with van der Waals surface area (Å²) in [5.41, 5.74) is 3.42. The van der Waals surface area contributed by atoms with Crippen LogP contribution in [0.25, 0.3) is 10.8 Å². The van der Waals surface area contributed by atoms with E-state index in [2.05, 4.69) is 72.9 Å². The van der Waals surface area contributed by atoms with Crippen LogP contribution in [0.15, 0.2) is 91.0 Å². The van der Waals surface area contributed by atoms with Crippen LogP contribution < -0.4 is 10.1 Å². The molecule has 1 atom stereocenters. The first-order valence-corrected chi connectivity index (χ1v) is 10.3. The highest BCUT2D eigenvalue weighted by Crippen LogP contribution is 2.30. The average Bonchev–Trinajstić information content (AvgIpc) is 2.77. The van der Waals surface area contributed by atoms with E-state index in [1.165, 1.54) is 16.3 Å². The molecule has 4 aromatic rings. The number of benzene rings is 4. The van der Waals surface area contributed by atoms with Crippen molar-refractivity contribution in [2.45, 2.75) is 26.1 Å². The fraction of sp³-hybridized carbons (Fsp3) is 0.154. The molecule has 0 amide bonds. The molecule has 0 saturated carbocycles. The fourth-order valence-electron chi connectivity index (χ4n) is 3.52. The molecule has 146 valence electrons. The van der Waals surface area contributed by atoms with Crippen molar-refractivity contribution >= 4 is 22.4 Å². The van der Waals surface area contributed by atoms with E-state index in [1.54, 1.807) is 0 Å². The Kier molecular flexibility index (Phi) is 6.14. The van der Waals surface area contributed by atoms with Crippen molar-refractivity contribution < 1.29 is 4.74 Å². The van der Waals surface area contributed by atoms with E-state index in [9.17, 15) is 0 Å². The SMILES string of the molecule is CC(NCc1c(OCc2ccccc2Cl)ccc2ccccc12)c1ccccc1. The third-order valence-electron chi connectivity index (χ3n) is 5.22. The van der Waals surface area contributed by atoms with Crippen LogP contribution in [0.1, 0.15) is 29.7 Å². The van der Waals surface area contributed by atoms with Gasteiger partial charge in [-0.3, -0.25) is 0 Å². The lowest BCUT2D eigenvalue weighted by atomic mass is 10.0. The predicted octanol–water partition coefficient (Wildman–Crippen LogP) is 6.92. The van der Waals surface area contributed by atoms with Crippen LogP contribution in [-0.4, -0.2) is 0 Å². The third kappa shape index (κ3) is 4.61. The summed E-state index contributed by atoms with van der Waals surface area (Å²) in [4.78, 5) is 0. The monoisotopic (exact) mass is 401 g/mol. The molecule has 0 bridgehead atoms. The van der Waals surface area contributed by atoms with Gasteiger partial charge in [0.1, 0.15) is 12.4 Å². The molecule has 0 aromatic heterocycles. The van der Waals surface area contributed by atoms with Crippen molar-refractivity contribution in [2.75, 3.05) is 0 Å². The Morgan fingerprint density at radius 1 is 0.828 bits per heavy atom. The molecule has 0 heterocycles. The summed E-state index contributed by atoms with van der Waals surface area (Å²) in [5.74, 6) is 0.886. The van der Waals surface area contributed by atoms with Crippen LogP contribution in [0.3, 0.4) is 0 Å². The van der Waals surface area contributed by atoms with E-state index in [0.29, 0.717) is 6.61 Å². The molecule has 3 heteroatoms. The topological polar surface area (TPSA) is 21.3 Å². The summed E-state index contributed by atoms with van der Waals surface area (Å²) in [6.07, 6.45) is 0. The van der Waals surface area contributed by atoms with E-state index in [-0.39, 0.29) is 6.04 Å². The minimum Gasteiger partial charge on any atom is -0.488 e. The van der Waals surface area contributed by atoms with Gasteiger partial charge in [0.05, 0.1) is 0 Å². The van der Waals surface area contributed by atoms with Crippen LogP contribution >= 0.6 is 11.6 Å². The minimum atomic E-state index is 0.242. The zero-order valence-corrected chi connectivity index (χ0v) is 17.2. The Morgan fingerprint density at radius 3 is 2.38 bits per heavy atom. The summed E-state index contributed by atoms with van der Waals surface area (Å²) in [7, 11) is 0. The minimum absolute atomic E-state index is 0.242. The molecule has 0 aliphatic carbocycles. The maximum Gasteiger partial charge on any atom is 0.124 e.